The van der Waals surface area contributed by atoms with E-state index in [9.17, 15) is 10.2 Å². The number of hydrogen-bond donors (Lipinski definition) is 3. The fourth-order valence-electron chi connectivity index (χ4n) is 1.97. The van der Waals surface area contributed by atoms with E-state index < -0.39 is 0 Å². The molecule has 0 amide bonds. The van der Waals surface area contributed by atoms with Gasteiger partial charge in [-0.1, -0.05) is 31.2 Å². The van der Waals surface area contributed by atoms with Gasteiger partial charge in [0.2, 0.25) is 0 Å². The first-order valence-electron chi connectivity index (χ1n) is 6.31. The highest BCUT2D eigenvalue weighted by atomic mass is 16.3. The average Bonchev–Trinajstić information content (AvgIpc) is 2.42. The summed E-state index contributed by atoms with van der Waals surface area (Å²) in [6.07, 6.45) is 2.58. The molecule has 0 saturated carbocycles. The summed E-state index contributed by atoms with van der Waals surface area (Å²) in [5, 5.41) is 21.3. The first-order chi connectivity index (χ1) is 9.13. The smallest absolute Gasteiger partial charge is 0.149 e. The van der Waals surface area contributed by atoms with E-state index in [1.54, 1.807) is 18.3 Å². The highest BCUT2D eigenvalue weighted by Gasteiger charge is 2.09. The molecule has 0 fully saturated rings. The number of phenolic OH excluding ortho intramolecular Hbond substituents is 2. The molecule has 0 aliphatic heterocycles. The van der Waals surface area contributed by atoms with Crippen LogP contribution in [0.4, 0.5) is 5.69 Å². The number of benzene rings is 2. The molecule has 0 spiro atoms. The average molecular weight is 258 g/mol. The van der Waals surface area contributed by atoms with E-state index in [0.717, 1.165) is 6.42 Å². The summed E-state index contributed by atoms with van der Waals surface area (Å²) < 4.78 is 0. The minimum atomic E-state index is 0.0876. The number of rotatable bonds is 4. The van der Waals surface area contributed by atoms with Crippen molar-refractivity contribution in [3.8, 4) is 11.5 Å². The zero-order valence-corrected chi connectivity index (χ0v) is 10.9. The Morgan fingerprint density at radius 2 is 1.95 bits per heavy atom. The molecule has 0 aliphatic rings. The Hall–Kier alpha value is -2.07. The first-order valence-corrected chi connectivity index (χ1v) is 6.31. The lowest BCUT2D eigenvalue weighted by molar-refractivity contribution is 0.471. The van der Waals surface area contributed by atoms with Crippen molar-refractivity contribution < 1.29 is 10.2 Å². The van der Waals surface area contributed by atoms with Crippen molar-refractivity contribution in [3.63, 3.8) is 0 Å². The standard InChI is InChI=1S/C15H18N2O2/c1-10(6-7-16)9-17-13-8-14(18)11-4-2-3-5-12(11)15(13)19/h2-5,8-10,18-19H,6-7,16H2,1H3. The quantitative estimate of drug-likeness (QED) is 0.582. The normalized spacial score (nSPS) is 13.2. The molecular formula is C15H18N2O2. The van der Waals surface area contributed by atoms with E-state index in [-0.39, 0.29) is 17.4 Å². The molecule has 0 saturated heterocycles. The van der Waals surface area contributed by atoms with Crippen LogP contribution in [0.25, 0.3) is 10.8 Å². The number of phenols is 2. The van der Waals surface area contributed by atoms with Crippen molar-refractivity contribution in [2.24, 2.45) is 16.6 Å². The van der Waals surface area contributed by atoms with Gasteiger partial charge in [-0.3, -0.25) is 4.99 Å². The fraction of sp³-hybridized carbons (Fsp3) is 0.267. The largest absolute Gasteiger partial charge is 0.507 e. The van der Waals surface area contributed by atoms with E-state index in [1.165, 1.54) is 6.07 Å². The number of aromatic hydroxyl groups is 2. The van der Waals surface area contributed by atoms with Gasteiger partial charge in [-0.15, -0.1) is 0 Å². The predicted octanol–water partition coefficient (Wildman–Crippen LogP) is 2.94. The van der Waals surface area contributed by atoms with Gasteiger partial charge in [-0.05, 0) is 18.9 Å². The van der Waals surface area contributed by atoms with Crippen LogP contribution in [-0.2, 0) is 0 Å². The van der Waals surface area contributed by atoms with Gasteiger partial charge in [0.25, 0.3) is 0 Å². The van der Waals surface area contributed by atoms with Crippen LogP contribution < -0.4 is 5.73 Å². The van der Waals surface area contributed by atoms with Crippen molar-refractivity contribution in [3.05, 3.63) is 30.3 Å². The Labute approximate surface area is 112 Å². The molecular weight excluding hydrogens is 240 g/mol. The van der Waals surface area contributed by atoms with Gasteiger partial charge in [-0.2, -0.15) is 0 Å². The molecule has 2 rings (SSSR count). The van der Waals surface area contributed by atoms with Crippen molar-refractivity contribution >= 4 is 22.7 Å². The lowest BCUT2D eigenvalue weighted by Gasteiger charge is -2.07. The molecule has 4 N–H and O–H groups in total. The van der Waals surface area contributed by atoms with Crippen molar-refractivity contribution in [1.82, 2.24) is 0 Å². The van der Waals surface area contributed by atoms with Crippen molar-refractivity contribution in [2.75, 3.05) is 6.54 Å². The molecule has 4 nitrogen and oxygen atoms in total. The predicted molar refractivity (Wildman–Crippen MR) is 78.3 cm³/mol. The molecule has 0 heterocycles. The van der Waals surface area contributed by atoms with Crippen LogP contribution in [-0.4, -0.2) is 23.0 Å². The third kappa shape index (κ3) is 2.85. The lowest BCUT2D eigenvalue weighted by atomic mass is 10.1. The number of nitrogens with two attached hydrogens (primary N) is 1. The Morgan fingerprint density at radius 3 is 2.63 bits per heavy atom. The van der Waals surface area contributed by atoms with Crippen LogP contribution in [0.2, 0.25) is 0 Å². The monoisotopic (exact) mass is 258 g/mol. The Bertz CT molecular complexity index is 608. The Morgan fingerprint density at radius 1 is 1.26 bits per heavy atom. The van der Waals surface area contributed by atoms with Crippen molar-refractivity contribution in [2.45, 2.75) is 13.3 Å². The molecule has 0 aromatic heterocycles. The summed E-state index contributed by atoms with van der Waals surface area (Å²) in [6, 6.07) is 8.62. The van der Waals surface area contributed by atoms with Gasteiger partial charge in [0, 0.05) is 23.1 Å². The zero-order chi connectivity index (χ0) is 13.8. The molecule has 1 unspecified atom stereocenters. The second kappa shape index (κ2) is 5.71. The molecule has 100 valence electrons. The minimum absolute atomic E-state index is 0.0876. The van der Waals surface area contributed by atoms with E-state index in [1.807, 2.05) is 19.1 Å². The summed E-state index contributed by atoms with van der Waals surface area (Å²) in [6.45, 7) is 2.61. The van der Waals surface area contributed by atoms with Crippen LogP contribution >= 0.6 is 0 Å². The third-order valence-electron chi connectivity index (χ3n) is 3.06. The summed E-state index contributed by atoms with van der Waals surface area (Å²) in [5.41, 5.74) is 5.85. The van der Waals surface area contributed by atoms with Crippen LogP contribution in [0, 0.1) is 5.92 Å². The van der Waals surface area contributed by atoms with Gasteiger partial charge in [0.05, 0.1) is 0 Å². The summed E-state index contributed by atoms with van der Waals surface area (Å²) >= 11 is 0. The van der Waals surface area contributed by atoms with E-state index >= 15 is 0 Å². The lowest BCUT2D eigenvalue weighted by Crippen LogP contribution is -2.06. The fourth-order valence-corrected chi connectivity index (χ4v) is 1.97. The van der Waals surface area contributed by atoms with Gasteiger partial charge in [-0.25, -0.2) is 0 Å². The number of aliphatic imine (C=N–C) groups is 1. The molecule has 4 heteroatoms. The van der Waals surface area contributed by atoms with Crippen LogP contribution in [0.15, 0.2) is 35.3 Å². The summed E-state index contributed by atoms with van der Waals surface area (Å²) in [5.74, 6) is 0.439. The maximum atomic E-state index is 10.2. The molecule has 1 atom stereocenters. The Kier molecular flexibility index (Phi) is 4.02. The van der Waals surface area contributed by atoms with E-state index in [4.69, 9.17) is 5.73 Å². The maximum Gasteiger partial charge on any atom is 0.149 e. The number of nitrogens with zero attached hydrogens (tertiary/aromatic N) is 1. The van der Waals surface area contributed by atoms with Crippen molar-refractivity contribution in [1.29, 1.82) is 0 Å². The molecule has 0 aliphatic carbocycles. The molecule has 2 aromatic carbocycles. The SMILES string of the molecule is CC(C=Nc1cc(O)c2ccccc2c1O)CCN. The van der Waals surface area contributed by atoms with Crippen LogP contribution in [0.5, 0.6) is 11.5 Å². The second-order valence-electron chi connectivity index (χ2n) is 4.64. The number of fused-ring (bicyclic) bond motifs is 1. The maximum absolute atomic E-state index is 10.2. The minimum Gasteiger partial charge on any atom is -0.507 e. The topological polar surface area (TPSA) is 78.8 Å². The highest BCUT2D eigenvalue weighted by Crippen LogP contribution is 2.39. The summed E-state index contributed by atoms with van der Waals surface area (Å²) in [4.78, 5) is 4.24. The van der Waals surface area contributed by atoms with E-state index in [0.29, 0.717) is 23.0 Å². The van der Waals surface area contributed by atoms with Gasteiger partial charge in [0.15, 0.2) is 0 Å². The zero-order valence-electron chi connectivity index (χ0n) is 10.9. The van der Waals surface area contributed by atoms with Gasteiger partial charge >= 0.3 is 0 Å². The first kappa shape index (κ1) is 13.4. The number of hydrogen-bond acceptors (Lipinski definition) is 4. The molecule has 0 radical (unpaired) electrons. The van der Waals surface area contributed by atoms with E-state index in [2.05, 4.69) is 4.99 Å². The van der Waals surface area contributed by atoms with Gasteiger partial charge in [0.1, 0.15) is 17.2 Å². The van der Waals surface area contributed by atoms with Gasteiger partial charge < -0.3 is 15.9 Å². The summed E-state index contributed by atoms with van der Waals surface area (Å²) in [7, 11) is 0. The molecule has 0 bridgehead atoms. The van der Waals surface area contributed by atoms with Crippen LogP contribution in [0.1, 0.15) is 13.3 Å². The second-order valence-corrected chi connectivity index (χ2v) is 4.64. The third-order valence-corrected chi connectivity index (χ3v) is 3.06. The van der Waals surface area contributed by atoms with Crippen LogP contribution in [0.3, 0.4) is 0 Å². The molecule has 19 heavy (non-hydrogen) atoms. The highest BCUT2D eigenvalue weighted by molar-refractivity contribution is 5.97. The Balaban J connectivity index is 2.42. The molecule has 2 aromatic rings.